The molecule has 5 N–H and O–H groups in total. The molecule has 0 spiro atoms. The smallest absolute Gasteiger partial charge is 0.326 e. The van der Waals surface area contributed by atoms with Crippen molar-refractivity contribution >= 4 is 12.0 Å². The first-order chi connectivity index (χ1) is 10.1. The Balaban J connectivity index is 1.90. The molecule has 1 unspecified atom stereocenters. The van der Waals surface area contributed by atoms with Gasteiger partial charge in [0.25, 0.3) is 0 Å². The molecule has 9 heteroatoms. The predicted molar refractivity (Wildman–Crippen MR) is 72.4 cm³/mol. The van der Waals surface area contributed by atoms with Gasteiger partial charge < -0.3 is 25.7 Å². The van der Waals surface area contributed by atoms with Gasteiger partial charge in [-0.1, -0.05) is 0 Å². The lowest BCUT2D eigenvalue weighted by molar-refractivity contribution is -0.139. The van der Waals surface area contributed by atoms with Crippen LogP contribution in [-0.2, 0) is 11.2 Å². The number of aromatic nitrogens is 4. The molecule has 0 fully saturated rings. The van der Waals surface area contributed by atoms with Gasteiger partial charge >= 0.3 is 12.0 Å². The molecule has 0 aliphatic heterocycles. The highest BCUT2D eigenvalue weighted by Crippen LogP contribution is 2.05. The summed E-state index contributed by atoms with van der Waals surface area (Å²) >= 11 is 0. The number of carboxylic acids is 1. The first kappa shape index (κ1) is 14.6. The van der Waals surface area contributed by atoms with E-state index in [0.29, 0.717) is 11.5 Å². The van der Waals surface area contributed by atoms with E-state index in [1.807, 2.05) is 0 Å². The number of nitrogens with zero attached hydrogens (tertiary/aromatic N) is 2. The number of hydrogen-bond donors (Lipinski definition) is 5. The van der Waals surface area contributed by atoms with Gasteiger partial charge in [0.1, 0.15) is 11.9 Å². The molecule has 21 heavy (non-hydrogen) atoms. The lowest BCUT2D eigenvalue weighted by Crippen LogP contribution is -2.47. The molecule has 2 aromatic rings. The van der Waals surface area contributed by atoms with Crippen molar-refractivity contribution in [2.24, 2.45) is 0 Å². The molecular weight excluding hydrogens is 276 g/mol. The maximum Gasteiger partial charge on any atom is 0.326 e. The van der Waals surface area contributed by atoms with Gasteiger partial charge in [0.05, 0.1) is 12.4 Å². The second-order valence-corrected chi connectivity index (χ2v) is 4.49. The number of carbonyl (C=O) groups is 2. The third-order valence-electron chi connectivity index (χ3n) is 2.86. The number of carboxylic acid groups (broad SMARTS) is 1. The monoisotopic (exact) mass is 292 g/mol. The summed E-state index contributed by atoms with van der Waals surface area (Å²) in [6, 6.07) is -1.98. The summed E-state index contributed by atoms with van der Waals surface area (Å²) in [7, 11) is 0. The van der Waals surface area contributed by atoms with Crippen LogP contribution in [0.4, 0.5) is 4.79 Å². The van der Waals surface area contributed by atoms with Crippen LogP contribution in [-0.4, -0.2) is 43.1 Å². The van der Waals surface area contributed by atoms with Crippen LogP contribution < -0.4 is 10.6 Å². The van der Waals surface area contributed by atoms with Crippen molar-refractivity contribution in [1.29, 1.82) is 0 Å². The molecule has 0 aliphatic carbocycles. The Morgan fingerprint density at radius 3 is 2.76 bits per heavy atom. The van der Waals surface area contributed by atoms with Crippen LogP contribution in [0.1, 0.15) is 24.5 Å². The van der Waals surface area contributed by atoms with Gasteiger partial charge in [0.15, 0.2) is 0 Å². The summed E-state index contributed by atoms with van der Waals surface area (Å²) < 4.78 is 0. The molecule has 112 valence electrons. The molecular formula is C12H16N6O3. The third-order valence-corrected chi connectivity index (χ3v) is 2.86. The molecule has 2 atom stereocenters. The topological polar surface area (TPSA) is 136 Å². The molecule has 0 aliphatic rings. The number of hydrogen-bond acceptors (Lipinski definition) is 4. The van der Waals surface area contributed by atoms with Crippen molar-refractivity contribution in [3.05, 3.63) is 36.4 Å². The average molecular weight is 292 g/mol. The fraction of sp³-hybridized carbons (Fsp3) is 0.333. The van der Waals surface area contributed by atoms with Crippen LogP contribution in [0.25, 0.3) is 0 Å². The van der Waals surface area contributed by atoms with Crippen LogP contribution in [0.5, 0.6) is 0 Å². The van der Waals surface area contributed by atoms with Crippen LogP contribution in [0.2, 0.25) is 0 Å². The van der Waals surface area contributed by atoms with E-state index in [4.69, 9.17) is 5.11 Å². The molecule has 2 rings (SSSR count). The Morgan fingerprint density at radius 2 is 2.19 bits per heavy atom. The van der Waals surface area contributed by atoms with E-state index >= 15 is 0 Å². The number of rotatable bonds is 6. The van der Waals surface area contributed by atoms with E-state index < -0.39 is 18.0 Å². The number of carbonyl (C=O) groups excluding carboxylic acids is 1. The molecule has 0 radical (unpaired) electrons. The number of aliphatic carboxylic acids is 1. The quantitative estimate of drug-likeness (QED) is 0.517. The first-order valence-electron chi connectivity index (χ1n) is 6.32. The number of aromatic amines is 2. The van der Waals surface area contributed by atoms with Gasteiger partial charge in [-0.2, -0.15) is 0 Å². The molecule has 0 aromatic carbocycles. The van der Waals surface area contributed by atoms with Crippen molar-refractivity contribution < 1.29 is 14.7 Å². The number of urea groups is 1. The molecule has 0 saturated carbocycles. The Labute approximate surface area is 120 Å². The lowest BCUT2D eigenvalue weighted by atomic mass is 10.1. The summed E-state index contributed by atoms with van der Waals surface area (Å²) in [5.74, 6) is -0.531. The second kappa shape index (κ2) is 6.55. The third kappa shape index (κ3) is 4.06. The van der Waals surface area contributed by atoms with Gasteiger partial charge in [-0.25, -0.2) is 19.6 Å². The van der Waals surface area contributed by atoms with E-state index in [9.17, 15) is 9.59 Å². The number of imidazole rings is 2. The maximum absolute atomic E-state index is 11.8. The number of H-pyrrole nitrogens is 2. The van der Waals surface area contributed by atoms with Gasteiger partial charge in [-0.05, 0) is 6.92 Å². The highest BCUT2D eigenvalue weighted by Gasteiger charge is 2.22. The van der Waals surface area contributed by atoms with Crippen LogP contribution >= 0.6 is 0 Å². The molecule has 2 amide bonds. The van der Waals surface area contributed by atoms with Crippen LogP contribution in [0.3, 0.4) is 0 Å². The summed E-state index contributed by atoms with van der Waals surface area (Å²) in [5.41, 5.74) is 0.627. The zero-order chi connectivity index (χ0) is 15.2. The van der Waals surface area contributed by atoms with Gasteiger partial charge in [-0.3, -0.25) is 0 Å². The Kier molecular flexibility index (Phi) is 4.54. The van der Waals surface area contributed by atoms with E-state index in [1.165, 1.54) is 12.5 Å². The van der Waals surface area contributed by atoms with Crippen molar-refractivity contribution in [3.63, 3.8) is 0 Å². The Morgan fingerprint density at radius 1 is 1.38 bits per heavy atom. The lowest BCUT2D eigenvalue weighted by Gasteiger charge is -2.17. The summed E-state index contributed by atoms with van der Waals surface area (Å²) in [5, 5.41) is 14.2. The molecule has 2 aromatic heterocycles. The first-order valence-corrected chi connectivity index (χ1v) is 6.32. The van der Waals surface area contributed by atoms with Gasteiger partial charge in [0, 0.05) is 30.7 Å². The van der Waals surface area contributed by atoms with Crippen LogP contribution in [0.15, 0.2) is 24.9 Å². The van der Waals surface area contributed by atoms with Gasteiger partial charge in [0.2, 0.25) is 0 Å². The highest BCUT2D eigenvalue weighted by molar-refractivity contribution is 5.82. The number of nitrogens with one attached hydrogen (secondary N) is 4. The highest BCUT2D eigenvalue weighted by atomic mass is 16.4. The average Bonchev–Trinajstić information content (AvgIpc) is 3.10. The largest absolute Gasteiger partial charge is 0.480 e. The molecule has 9 nitrogen and oxygen atoms in total. The fourth-order valence-corrected chi connectivity index (χ4v) is 1.80. The van der Waals surface area contributed by atoms with Crippen LogP contribution in [0, 0.1) is 0 Å². The minimum atomic E-state index is -1.12. The Hall–Kier alpha value is -2.84. The van der Waals surface area contributed by atoms with Gasteiger partial charge in [-0.15, -0.1) is 0 Å². The van der Waals surface area contributed by atoms with E-state index in [1.54, 1.807) is 19.3 Å². The summed E-state index contributed by atoms with van der Waals surface area (Å²) in [6.45, 7) is 1.74. The molecule has 2 heterocycles. The maximum atomic E-state index is 11.8. The van der Waals surface area contributed by atoms with E-state index in [-0.39, 0.29) is 12.5 Å². The minimum absolute atomic E-state index is 0.123. The predicted octanol–water partition coefficient (Wildman–Crippen LogP) is 0.189. The van der Waals surface area contributed by atoms with Crippen molar-refractivity contribution in [2.45, 2.75) is 25.4 Å². The van der Waals surface area contributed by atoms with Crippen molar-refractivity contribution in [2.75, 3.05) is 0 Å². The normalized spacial score (nSPS) is 13.4. The second-order valence-electron chi connectivity index (χ2n) is 4.49. The minimum Gasteiger partial charge on any atom is -0.480 e. The number of amides is 2. The van der Waals surface area contributed by atoms with E-state index in [0.717, 1.165) is 0 Å². The zero-order valence-electron chi connectivity index (χ0n) is 11.3. The van der Waals surface area contributed by atoms with Crippen molar-refractivity contribution in [3.8, 4) is 0 Å². The Bertz CT molecular complexity index is 580. The molecule has 0 bridgehead atoms. The fourth-order valence-electron chi connectivity index (χ4n) is 1.80. The summed E-state index contributed by atoms with van der Waals surface area (Å²) in [6.07, 6.45) is 6.31. The SMILES string of the molecule is CC(NC(=O)N[C@@H](Cc1cnc[nH]1)C(=O)O)c1ncc[nH]1. The summed E-state index contributed by atoms with van der Waals surface area (Å²) in [4.78, 5) is 36.5. The zero-order valence-corrected chi connectivity index (χ0v) is 11.3. The standard InChI is InChI=1S/C12H16N6O3/c1-7(10-14-2-3-15-10)17-12(21)18-9(11(19)20)4-8-5-13-6-16-8/h2-3,5-7,9H,4H2,1H3,(H,13,16)(H,14,15)(H,19,20)(H2,17,18,21)/t7?,9-/m0/s1. The molecule has 0 saturated heterocycles. The van der Waals surface area contributed by atoms with Crippen molar-refractivity contribution in [1.82, 2.24) is 30.6 Å². The van der Waals surface area contributed by atoms with E-state index in [2.05, 4.69) is 30.6 Å².